The highest BCUT2D eigenvalue weighted by atomic mass is 32.1. The quantitative estimate of drug-likeness (QED) is 0.144. The molecular weight excluding hydrogens is 526 g/mol. The molecule has 10 nitrogen and oxygen atoms in total. The van der Waals surface area contributed by atoms with Gasteiger partial charge in [-0.05, 0) is 17.2 Å². The van der Waals surface area contributed by atoms with Gasteiger partial charge in [-0.25, -0.2) is 4.79 Å². The molecule has 0 unspecified atom stereocenters. The lowest BCUT2D eigenvalue weighted by Crippen LogP contribution is -2.58. The number of fused-ring (bicyclic) bond motifs is 1. The summed E-state index contributed by atoms with van der Waals surface area (Å²) < 4.78 is 0. The topological polar surface area (TPSA) is 166 Å². The number of nitrogens with two attached hydrogens (primary N) is 1. The number of para-hydroxylation sites is 1. The fraction of sp³-hybridized carbons (Fsp3) is 0.308. The number of aliphatic carboxylic acids is 1. The summed E-state index contributed by atoms with van der Waals surface area (Å²) in [5, 5.41) is 18.0. The predicted molar refractivity (Wildman–Crippen MR) is 151 cm³/mol. The SMILES string of the molecule is N[C@@H](CS)C(=O)N[C@@H](Cc1c[nH]c2ccccc12)C(=O)N[C@@H](Cc1ccccc1)C(=O)N[C@@H](CS)C(=O)O. The van der Waals surface area contributed by atoms with Crippen LogP contribution in [0.15, 0.2) is 60.8 Å². The van der Waals surface area contributed by atoms with Crippen molar-refractivity contribution in [3.05, 3.63) is 71.9 Å². The van der Waals surface area contributed by atoms with Crippen molar-refractivity contribution < 1.29 is 24.3 Å². The number of rotatable bonds is 13. The summed E-state index contributed by atoms with van der Waals surface area (Å²) in [5.74, 6) is -3.18. The molecule has 1 heterocycles. The minimum atomic E-state index is -1.25. The van der Waals surface area contributed by atoms with Gasteiger partial charge in [-0.15, -0.1) is 0 Å². The van der Waals surface area contributed by atoms with E-state index in [1.54, 1.807) is 30.5 Å². The van der Waals surface area contributed by atoms with Gasteiger partial charge in [-0.2, -0.15) is 25.3 Å². The molecule has 0 saturated heterocycles. The van der Waals surface area contributed by atoms with Crippen molar-refractivity contribution >= 4 is 59.9 Å². The highest BCUT2D eigenvalue weighted by Gasteiger charge is 2.30. The van der Waals surface area contributed by atoms with Gasteiger partial charge in [0.1, 0.15) is 18.1 Å². The van der Waals surface area contributed by atoms with Gasteiger partial charge in [-0.3, -0.25) is 14.4 Å². The number of benzene rings is 2. The number of nitrogens with one attached hydrogen (secondary N) is 4. The van der Waals surface area contributed by atoms with Crippen LogP contribution in [0.1, 0.15) is 11.1 Å². The van der Waals surface area contributed by atoms with Gasteiger partial charge < -0.3 is 31.8 Å². The maximum atomic E-state index is 13.5. The highest BCUT2D eigenvalue weighted by molar-refractivity contribution is 7.80. The fourth-order valence-electron chi connectivity index (χ4n) is 3.88. The van der Waals surface area contributed by atoms with E-state index < -0.39 is 47.9 Å². The number of amides is 3. The molecule has 2 aromatic carbocycles. The maximum Gasteiger partial charge on any atom is 0.327 e. The van der Waals surface area contributed by atoms with Crippen LogP contribution in [0.5, 0.6) is 0 Å². The second-order valence-electron chi connectivity index (χ2n) is 8.75. The summed E-state index contributed by atoms with van der Waals surface area (Å²) in [4.78, 5) is 53.9. The molecule has 0 radical (unpaired) electrons. The van der Waals surface area contributed by atoms with E-state index in [1.807, 2.05) is 30.3 Å². The second kappa shape index (κ2) is 13.9. The Balaban J connectivity index is 1.87. The van der Waals surface area contributed by atoms with Gasteiger partial charge in [0.15, 0.2) is 0 Å². The molecular formula is C26H31N5O5S2. The lowest BCUT2D eigenvalue weighted by Gasteiger charge is -2.25. The zero-order valence-electron chi connectivity index (χ0n) is 20.5. The average Bonchev–Trinajstić information content (AvgIpc) is 3.33. The minimum Gasteiger partial charge on any atom is -0.480 e. The van der Waals surface area contributed by atoms with Crippen molar-refractivity contribution in [3.63, 3.8) is 0 Å². The summed E-state index contributed by atoms with van der Waals surface area (Å²) in [6.45, 7) is 0. The molecule has 202 valence electrons. The first-order valence-corrected chi connectivity index (χ1v) is 13.2. The number of thiol groups is 2. The average molecular weight is 558 g/mol. The monoisotopic (exact) mass is 557 g/mol. The van der Waals surface area contributed by atoms with Crippen LogP contribution in [0, 0.1) is 0 Å². The van der Waals surface area contributed by atoms with Crippen LogP contribution < -0.4 is 21.7 Å². The number of hydrogen-bond donors (Lipinski definition) is 8. The molecule has 1 aromatic heterocycles. The number of aromatic amines is 1. The molecule has 3 amide bonds. The zero-order chi connectivity index (χ0) is 27.7. The van der Waals surface area contributed by atoms with Gasteiger partial charge >= 0.3 is 5.97 Å². The Morgan fingerprint density at radius 1 is 0.789 bits per heavy atom. The molecule has 3 rings (SSSR count). The first kappa shape index (κ1) is 29.1. The number of hydrogen-bond acceptors (Lipinski definition) is 7. The van der Waals surface area contributed by atoms with Crippen molar-refractivity contribution in [2.45, 2.75) is 37.0 Å². The number of carbonyl (C=O) groups is 4. The van der Waals surface area contributed by atoms with Crippen LogP contribution in [-0.4, -0.2) is 69.5 Å². The second-order valence-corrected chi connectivity index (χ2v) is 9.48. The van der Waals surface area contributed by atoms with Gasteiger partial charge in [0, 0.05) is 41.4 Å². The molecule has 7 N–H and O–H groups in total. The Kier molecular flexibility index (Phi) is 10.6. The Morgan fingerprint density at radius 2 is 1.37 bits per heavy atom. The van der Waals surface area contributed by atoms with E-state index in [9.17, 15) is 24.3 Å². The molecule has 0 spiro atoms. The fourth-order valence-corrected chi connectivity index (χ4v) is 4.29. The maximum absolute atomic E-state index is 13.5. The number of carboxylic acid groups (broad SMARTS) is 1. The first-order chi connectivity index (χ1) is 18.2. The van der Waals surface area contributed by atoms with E-state index in [0.29, 0.717) is 0 Å². The van der Waals surface area contributed by atoms with Crippen molar-refractivity contribution in [3.8, 4) is 0 Å². The molecule has 3 aromatic rings. The number of carboxylic acids is 1. The van der Waals surface area contributed by atoms with E-state index in [1.165, 1.54) is 0 Å². The number of aromatic nitrogens is 1. The highest BCUT2D eigenvalue weighted by Crippen LogP contribution is 2.19. The van der Waals surface area contributed by atoms with Gasteiger partial charge in [0.25, 0.3) is 0 Å². The third kappa shape index (κ3) is 7.76. The summed E-state index contributed by atoms with van der Waals surface area (Å²) in [5.41, 5.74) is 8.23. The Bertz CT molecular complexity index is 1270. The van der Waals surface area contributed by atoms with Crippen LogP contribution in [0.3, 0.4) is 0 Å². The normalized spacial score (nSPS) is 14.2. The lowest BCUT2D eigenvalue weighted by atomic mass is 10.0. The molecule has 0 fully saturated rings. The molecule has 38 heavy (non-hydrogen) atoms. The largest absolute Gasteiger partial charge is 0.480 e. The van der Waals surface area contributed by atoms with Crippen molar-refractivity contribution in [2.75, 3.05) is 11.5 Å². The van der Waals surface area contributed by atoms with E-state index in [-0.39, 0.29) is 24.3 Å². The van der Waals surface area contributed by atoms with Gasteiger partial charge in [-0.1, -0.05) is 48.5 Å². The smallest absolute Gasteiger partial charge is 0.327 e. The number of H-pyrrole nitrogens is 1. The van der Waals surface area contributed by atoms with Crippen molar-refractivity contribution in [2.24, 2.45) is 5.73 Å². The Morgan fingerprint density at radius 3 is 2.00 bits per heavy atom. The molecule has 0 aliphatic rings. The van der Waals surface area contributed by atoms with Gasteiger partial charge in [0.05, 0.1) is 6.04 Å². The third-order valence-corrected chi connectivity index (χ3v) is 6.74. The van der Waals surface area contributed by atoms with Crippen LogP contribution in [-0.2, 0) is 32.0 Å². The first-order valence-electron chi connectivity index (χ1n) is 11.9. The Labute approximate surface area is 230 Å². The van der Waals surface area contributed by atoms with E-state index in [0.717, 1.165) is 22.0 Å². The van der Waals surface area contributed by atoms with E-state index >= 15 is 0 Å². The summed E-state index contributed by atoms with van der Waals surface area (Å²) in [7, 11) is 0. The van der Waals surface area contributed by atoms with Crippen LogP contribution in [0.25, 0.3) is 10.9 Å². The molecule has 0 bridgehead atoms. The van der Waals surface area contributed by atoms with Gasteiger partial charge in [0.2, 0.25) is 17.7 Å². The lowest BCUT2D eigenvalue weighted by molar-refractivity contribution is -0.141. The predicted octanol–water partition coefficient (Wildman–Crippen LogP) is 0.679. The molecule has 0 aliphatic heterocycles. The molecule has 12 heteroatoms. The molecule has 0 aliphatic carbocycles. The Hall–Kier alpha value is -3.48. The van der Waals surface area contributed by atoms with E-state index in [4.69, 9.17) is 5.73 Å². The van der Waals surface area contributed by atoms with E-state index in [2.05, 4.69) is 46.2 Å². The van der Waals surface area contributed by atoms with Crippen LogP contribution in [0.2, 0.25) is 0 Å². The van der Waals surface area contributed by atoms with Crippen LogP contribution in [0.4, 0.5) is 0 Å². The summed E-state index contributed by atoms with van der Waals surface area (Å²) in [6, 6.07) is 12.1. The van der Waals surface area contributed by atoms with Crippen molar-refractivity contribution in [1.29, 1.82) is 0 Å². The third-order valence-electron chi connectivity index (χ3n) is 5.98. The standard InChI is InChI=1S/C26H31N5O5S2/c27-18(13-37)23(32)29-21(11-16-12-28-19-9-5-4-8-17(16)19)25(34)30-20(10-15-6-2-1-3-7-15)24(33)31-22(14-38)26(35)36/h1-9,12,18,20-22,28,37-38H,10-11,13-14,27H2,(H,29,32)(H,30,34)(H,31,33)(H,35,36)/t18-,20-,21-,22-/m0/s1. The number of carbonyl (C=O) groups excluding carboxylic acids is 3. The summed E-state index contributed by atoms with van der Waals surface area (Å²) >= 11 is 8.06. The van der Waals surface area contributed by atoms with Crippen molar-refractivity contribution in [1.82, 2.24) is 20.9 Å². The molecule has 4 atom stereocenters. The van der Waals surface area contributed by atoms with Crippen LogP contribution >= 0.6 is 25.3 Å². The molecule has 0 saturated carbocycles. The minimum absolute atomic E-state index is 0.0760. The summed E-state index contributed by atoms with van der Waals surface area (Å²) in [6.07, 6.45) is 1.98. The zero-order valence-corrected chi connectivity index (χ0v) is 22.3.